The lowest BCUT2D eigenvalue weighted by molar-refractivity contribution is 0.0265. The molecule has 1 aliphatic heterocycles. The minimum Gasteiger partial charge on any atom is -0.387 e. The smallest absolute Gasteiger partial charge is 0.241 e. The van der Waals surface area contributed by atoms with Crippen LogP contribution in [0.1, 0.15) is 17.9 Å². The minimum absolute atomic E-state index is 0.432. The second-order valence-electron chi connectivity index (χ2n) is 6.67. The van der Waals surface area contributed by atoms with Crippen LogP contribution >= 0.6 is 0 Å². The van der Waals surface area contributed by atoms with Crippen LogP contribution in [0.25, 0.3) is 11.4 Å². The maximum absolute atomic E-state index is 10.7. The summed E-state index contributed by atoms with van der Waals surface area (Å²) in [6.45, 7) is 4.30. The second kappa shape index (κ2) is 6.38. The molecular formula is C17H20N6O2. The fourth-order valence-electron chi connectivity index (χ4n) is 3.23. The number of hydrogen-bond donors (Lipinski definition) is 1. The third-order valence-electron chi connectivity index (χ3n) is 4.44. The monoisotopic (exact) mass is 340 g/mol. The van der Waals surface area contributed by atoms with E-state index >= 15 is 0 Å². The Morgan fingerprint density at radius 3 is 3.08 bits per heavy atom. The van der Waals surface area contributed by atoms with E-state index in [1.165, 1.54) is 0 Å². The first kappa shape index (κ1) is 15.9. The molecule has 0 spiro atoms. The van der Waals surface area contributed by atoms with E-state index in [1.54, 1.807) is 17.1 Å². The highest BCUT2D eigenvalue weighted by Crippen LogP contribution is 2.25. The minimum atomic E-state index is -0.812. The molecule has 1 aliphatic rings. The number of aliphatic hydroxyl groups is 1. The molecule has 0 radical (unpaired) electrons. The highest BCUT2D eigenvalue weighted by molar-refractivity contribution is 5.55. The van der Waals surface area contributed by atoms with Gasteiger partial charge in [-0.2, -0.15) is 4.98 Å². The number of aromatic nitrogens is 5. The van der Waals surface area contributed by atoms with Crippen molar-refractivity contribution < 1.29 is 9.63 Å². The SMILES string of the molecule is Cc1cccc(-c2noc(CN3CCC(O)(Cn4ccnn4)C3)n2)c1. The molecule has 8 heteroatoms. The third-order valence-corrected chi connectivity index (χ3v) is 4.44. The Morgan fingerprint density at radius 2 is 2.28 bits per heavy atom. The summed E-state index contributed by atoms with van der Waals surface area (Å²) in [6.07, 6.45) is 4.04. The predicted octanol–water partition coefficient (Wildman–Crippen LogP) is 1.27. The van der Waals surface area contributed by atoms with Crippen LogP contribution in [0.2, 0.25) is 0 Å². The normalized spacial score (nSPS) is 21.0. The molecule has 4 rings (SSSR count). The molecule has 0 aliphatic carbocycles. The van der Waals surface area contributed by atoms with Gasteiger partial charge < -0.3 is 9.63 Å². The first-order valence-corrected chi connectivity index (χ1v) is 8.28. The number of rotatable bonds is 5. The van der Waals surface area contributed by atoms with Crippen LogP contribution in [0.3, 0.4) is 0 Å². The van der Waals surface area contributed by atoms with Crippen LogP contribution in [-0.4, -0.2) is 53.8 Å². The van der Waals surface area contributed by atoms with Crippen molar-refractivity contribution in [3.05, 3.63) is 48.1 Å². The van der Waals surface area contributed by atoms with E-state index in [-0.39, 0.29) is 0 Å². The van der Waals surface area contributed by atoms with E-state index in [1.807, 2.05) is 31.2 Å². The van der Waals surface area contributed by atoms with E-state index < -0.39 is 5.60 Å². The lowest BCUT2D eigenvalue weighted by Crippen LogP contribution is -2.37. The molecule has 2 aromatic heterocycles. The van der Waals surface area contributed by atoms with E-state index in [0.29, 0.717) is 37.8 Å². The molecule has 0 saturated carbocycles. The fraction of sp³-hybridized carbons (Fsp3) is 0.412. The number of benzene rings is 1. The van der Waals surface area contributed by atoms with Gasteiger partial charge in [-0.25, -0.2) is 4.68 Å². The van der Waals surface area contributed by atoms with Gasteiger partial charge in [0.05, 0.1) is 24.9 Å². The molecule has 1 unspecified atom stereocenters. The van der Waals surface area contributed by atoms with Crippen molar-refractivity contribution in [1.29, 1.82) is 0 Å². The summed E-state index contributed by atoms with van der Waals surface area (Å²) in [5.74, 6) is 1.15. The van der Waals surface area contributed by atoms with Crippen molar-refractivity contribution >= 4 is 0 Å². The number of aryl methyl sites for hydroxylation is 1. The molecule has 3 heterocycles. The van der Waals surface area contributed by atoms with Gasteiger partial charge in [0.15, 0.2) is 0 Å². The van der Waals surface area contributed by atoms with E-state index in [2.05, 4.69) is 25.4 Å². The van der Waals surface area contributed by atoms with E-state index in [9.17, 15) is 5.11 Å². The molecule has 0 amide bonds. The zero-order chi connectivity index (χ0) is 17.3. The molecule has 1 fully saturated rings. The Hall–Kier alpha value is -2.58. The Balaban J connectivity index is 1.40. The lowest BCUT2D eigenvalue weighted by atomic mass is 10.0. The van der Waals surface area contributed by atoms with Crippen LogP contribution < -0.4 is 0 Å². The number of likely N-dealkylation sites (tertiary alicyclic amines) is 1. The van der Waals surface area contributed by atoms with Gasteiger partial charge in [0, 0.05) is 24.8 Å². The Kier molecular flexibility index (Phi) is 4.06. The van der Waals surface area contributed by atoms with Gasteiger partial charge in [0.25, 0.3) is 0 Å². The van der Waals surface area contributed by atoms with Crippen molar-refractivity contribution in [3.8, 4) is 11.4 Å². The van der Waals surface area contributed by atoms with Crippen molar-refractivity contribution in [2.24, 2.45) is 0 Å². The quantitative estimate of drug-likeness (QED) is 0.747. The highest BCUT2D eigenvalue weighted by atomic mass is 16.5. The Bertz CT molecular complexity index is 846. The molecule has 1 N–H and O–H groups in total. The fourth-order valence-corrected chi connectivity index (χ4v) is 3.23. The van der Waals surface area contributed by atoms with Crippen molar-refractivity contribution in [1.82, 2.24) is 30.0 Å². The van der Waals surface area contributed by atoms with Crippen molar-refractivity contribution in [2.45, 2.75) is 32.0 Å². The van der Waals surface area contributed by atoms with Crippen LogP contribution in [0.15, 0.2) is 41.2 Å². The third kappa shape index (κ3) is 3.59. The molecular weight excluding hydrogens is 320 g/mol. The number of β-amino-alcohol motifs (C(OH)–C–C–N with tert-alkyl or cyclic N) is 1. The molecule has 130 valence electrons. The average Bonchev–Trinajstić information content (AvgIpc) is 3.31. The largest absolute Gasteiger partial charge is 0.387 e. The van der Waals surface area contributed by atoms with Crippen LogP contribution in [0.4, 0.5) is 0 Å². The molecule has 3 aromatic rings. The standard InChI is InChI=1S/C17H20N6O2/c1-13-3-2-4-14(9-13)16-19-15(25-20-16)10-22-7-5-17(24,11-22)12-23-8-6-18-21-23/h2-4,6,8-9,24H,5,7,10-12H2,1H3. The number of hydrogen-bond acceptors (Lipinski definition) is 7. The van der Waals surface area contributed by atoms with Gasteiger partial charge in [-0.05, 0) is 19.4 Å². The molecule has 0 bridgehead atoms. The maximum Gasteiger partial charge on any atom is 0.241 e. The summed E-state index contributed by atoms with van der Waals surface area (Å²) in [4.78, 5) is 6.60. The Morgan fingerprint density at radius 1 is 1.36 bits per heavy atom. The molecule has 1 atom stereocenters. The second-order valence-corrected chi connectivity index (χ2v) is 6.67. The predicted molar refractivity (Wildman–Crippen MR) is 89.3 cm³/mol. The first-order chi connectivity index (χ1) is 12.1. The molecule has 8 nitrogen and oxygen atoms in total. The summed E-state index contributed by atoms with van der Waals surface area (Å²) < 4.78 is 7.04. The van der Waals surface area contributed by atoms with Crippen LogP contribution in [0.5, 0.6) is 0 Å². The topological polar surface area (TPSA) is 93.1 Å². The summed E-state index contributed by atoms with van der Waals surface area (Å²) in [6, 6.07) is 8.01. The van der Waals surface area contributed by atoms with Gasteiger partial charge in [0.2, 0.25) is 11.7 Å². The van der Waals surface area contributed by atoms with Crippen molar-refractivity contribution in [2.75, 3.05) is 13.1 Å². The Labute approximate surface area is 145 Å². The van der Waals surface area contributed by atoms with Gasteiger partial charge in [0.1, 0.15) is 0 Å². The highest BCUT2D eigenvalue weighted by Gasteiger charge is 2.37. The number of nitrogens with zero attached hydrogens (tertiary/aromatic N) is 6. The van der Waals surface area contributed by atoms with E-state index in [0.717, 1.165) is 17.7 Å². The zero-order valence-corrected chi connectivity index (χ0v) is 14.0. The summed E-state index contributed by atoms with van der Waals surface area (Å²) in [7, 11) is 0. The van der Waals surface area contributed by atoms with Crippen LogP contribution in [-0.2, 0) is 13.1 Å². The molecule has 1 saturated heterocycles. The zero-order valence-electron chi connectivity index (χ0n) is 14.0. The summed E-state index contributed by atoms with van der Waals surface area (Å²) in [5.41, 5.74) is 1.29. The maximum atomic E-state index is 10.7. The summed E-state index contributed by atoms with van der Waals surface area (Å²) >= 11 is 0. The summed E-state index contributed by atoms with van der Waals surface area (Å²) in [5, 5.41) is 22.5. The van der Waals surface area contributed by atoms with Gasteiger partial charge in [-0.1, -0.05) is 34.1 Å². The van der Waals surface area contributed by atoms with Gasteiger partial charge in [-0.15, -0.1) is 5.10 Å². The van der Waals surface area contributed by atoms with E-state index in [4.69, 9.17) is 4.52 Å². The van der Waals surface area contributed by atoms with Crippen LogP contribution in [0, 0.1) is 6.92 Å². The molecule has 1 aromatic carbocycles. The van der Waals surface area contributed by atoms with Gasteiger partial charge >= 0.3 is 0 Å². The van der Waals surface area contributed by atoms with Gasteiger partial charge in [-0.3, -0.25) is 4.90 Å². The molecule has 25 heavy (non-hydrogen) atoms. The lowest BCUT2D eigenvalue weighted by Gasteiger charge is -2.22. The first-order valence-electron chi connectivity index (χ1n) is 8.28. The van der Waals surface area contributed by atoms with Crippen molar-refractivity contribution in [3.63, 3.8) is 0 Å². The average molecular weight is 340 g/mol.